The van der Waals surface area contributed by atoms with E-state index < -0.39 is 23.6 Å². The van der Waals surface area contributed by atoms with Gasteiger partial charge in [0.1, 0.15) is 18.2 Å². The quantitative estimate of drug-likeness (QED) is 0.696. The first-order chi connectivity index (χ1) is 15.0. The molecule has 3 atom stereocenters. The van der Waals surface area contributed by atoms with Crippen LogP contribution in [0.3, 0.4) is 0 Å². The second-order valence-corrected chi connectivity index (χ2v) is 8.89. The number of carbonyl (C=O) groups excluding carboxylic acids is 3. The summed E-state index contributed by atoms with van der Waals surface area (Å²) >= 11 is 1.53. The van der Waals surface area contributed by atoms with Crippen LogP contribution in [0.4, 0.5) is 4.79 Å². The first-order valence-corrected chi connectivity index (χ1v) is 11.1. The topological polar surface area (TPSA) is 84.9 Å². The van der Waals surface area contributed by atoms with E-state index in [0.29, 0.717) is 18.6 Å². The SMILES string of the molecule is COC(=O)[C@H]1CS[C@@H]2C[C@@](Cc3ccccc3)(NC(=O)OCc3ccccc3)C(=O)N12. The van der Waals surface area contributed by atoms with E-state index in [2.05, 4.69) is 5.32 Å². The summed E-state index contributed by atoms with van der Waals surface area (Å²) in [5, 5.41) is 2.65. The summed E-state index contributed by atoms with van der Waals surface area (Å²) in [5.41, 5.74) is 0.592. The van der Waals surface area contributed by atoms with Crippen molar-refractivity contribution in [3.8, 4) is 0 Å². The standard InChI is InChI=1S/C23H24N2O5S/c1-29-20(26)18-15-31-19-13-23(21(27)25(18)19,12-16-8-4-2-5-9-16)24-22(28)30-14-17-10-6-3-7-11-17/h2-11,18-19H,12-15H2,1H3,(H,24,28)/t18-,19-,23-/m1/s1. The van der Waals surface area contributed by atoms with Gasteiger partial charge in [-0.3, -0.25) is 4.79 Å². The summed E-state index contributed by atoms with van der Waals surface area (Å²) < 4.78 is 10.3. The number of carbonyl (C=O) groups is 3. The van der Waals surface area contributed by atoms with E-state index >= 15 is 0 Å². The zero-order chi connectivity index (χ0) is 21.8. The molecule has 162 valence electrons. The number of thioether (sulfide) groups is 1. The van der Waals surface area contributed by atoms with Crippen LogP contribution in [0.25, 0.3) is 0 Å². The molecule has 0 spiro atoms. The minimum absolute atomic E-state index is 0.106. The first-order valence-electron chi connectivity index (χ1n) is 10.1. The van der Waals surface area contributed by atoms with Crippen molar-refractivity contribution >= 4 is 29.7 Å². The van der Waals surface area contributed by atoms with E-state index in [0.717, 1.165) is 11.1 Å². The highest BCUT2D eigenvalue weighted by Crippen LogP contribution is 2.43. The van der Waals surface area contributed by atoms with Crippen molar-refractivity contribution in [2.45, 2.75) is 36.4 Å². The van der Waals surface area contributed by atoms with E-state index in [9.17, 15) is 14.4 Å². The number of amides is 2. The van der Waals surface area contributed by atoms with E-state index in [1.807, 2.05) is 60.7 Å². The molecule has 2 heterocycles. The normalized spacial score (nSPS) is 24.5. The Morgan fingerprint density at radius 3 is 2.39 bits per heavy atom. The second kappa shape index (κ2) is 9.01. The van der Waals surface area contributed by atoms with Crippen LogP contribution >= 0.6 is 11.8 Å². The number of hydrogen-bond donors (Lipinski definition) is 1. The van der Waals surface area contributed by atoms with Crippen molar-refractivity contribution in [2.24, 2.45) is 0 Å². The molecule has 0 unspecified atom stereocenters. The third kappa shape index (κ3) is 4.39. The van der Waals surface area contributed by atoms with Gasteiger partial charge in [-0.1, -0.05) is 60.7 Å². The van der Waals surface area contributed by atoms with Crippen molar-refractivity contribution < 1.29 is 23.9 Å². The lowest BCUT2D eigenvalue weighted by molar-refractivity contribution is -0.151. The van der Waals surface area contributed by atoms with Gasteiger partial charge in [-0.05, 0) is 11.1 Å². The number of ether oxygens (including phenoxy) is 2. The van der Waals surface area contributed by atoms with E-state index in [1.54, 1.807) is 4.90 Å². The number of nitrogens with one attached hydrogen (secondary N) is 1. The Labute approximate surface area is 185 Å². The zero-order valence-electron chi connectivity index (χ0n) is 17.2. The Bertz CT molecular complexity index is 955. The number of alkyl carbamates (subject to hydrolysis) is 1. The summed E-state index contributed by atoms with van der Waals surface area (Å²) in [4.78, 5) is 40.1. The van der Waals surface area contributed by atoms with Gasteiger partial charge in [0.15, 0.2) is 0 Å². The van der Waals surface area contributed by atoms with Crippen molar-refractivity contribution in [1.29, 1.82) is 0 Å². The van der Waals surface area contributed by atoms with Crippen LogP contribution in [0.15, 0.2) is 60.7 Å². The Hall–Kier alpha value is -3.00. The fourth-order valence-electron chi connectivity index (χ4n) is 4.14. The maximum atomic E-state index is 13.6. The molecule has 8 heteroatoms. The summed E-state index contributed by atoms with van der Waals surface area (Å²) in [5.74, 6) is -0.230. The highest BCUT2D eigenvalue weighted by atomic mass is 32.2. The van der Waals surface area contributed by atoms with Crippen molar-refractivity contribution in [3.63, 3.8) is 0 Å². The number of rotatable bonds is 6. The van der Waals surface area contributed by atoms with Gasteiger partial charge in [-0.15, -0.1) is 11.8 Å². The lowest BCUT2D eigenvalue weighted by Gasteiger charge is -2.30. The molecule has 0 bridgehead atoms. The fraction of sp³-hybridized carbons (Fsp3) is 0.348. The molecule has 0 radical (unpaired) electrons. The summed E-state index contributed by atoms with van der Waals surface area (Å²) in [6, 6.07) is 18.2. The highest BCUT2D eigenvalue weighted by molar-refractivity contribution is 8.00. The van der Waals surface area contributed by atoms with Gasteiger partial charge < -0.3 is 19.7 Å². The molecule has 0 saturated carbocycles. The number of benzene rings is 2. The lowest BCUT2D eigenvalue weighted by atomic mass is 9.89. The average Bonchev–Trinajstić information content (AvgIpc) is 3.31. The molecule has 0 aliphatic carbocycles. The monoisotopic (exact) mass is 440 g/mol. The highest BCUT2D eigenvalue weighted by Gasteiger charge is 2.58. The molecule has 2 aliphatic heterocycles. The fourth-order valence-corrected chi connectivity index (χ4v) is 5.65. The van der Waals surface area contributed by atoms with Crippen molar-refractivity contribution in [3.05, 3.63) is 71.8 Å². The summed E-state index contributed by atoms with van der Waals surface area (Å²) in [6.45, 7) is 0.106. The summed E-state index contributed by atoms with van der Waals surface area (Å²) in [7, 11) is 1.32. The van der Waals surface area contributed by atoms with Gasteiger partial charge in [0.25, 0.3) is 5.91 Å². The number of methoxy groups -OCH3 is 1. The molecule has 1 N–H and O–H groups in total. The molecule has 2 amide bonds. The van der Waals surface area contributed by atoms with Gasteiger partial charge >= 0.3 is 12.1 Å². The third-order valence-electron chi connectivity index (χ3n) is 5.64. The molecule has 4 rings (SSSR count). The maximum Gasteiger partial charge on any atom is 0.408 e. The Kier molecular flexibility index (Phi) is 6.18. The van der Waals surface area contributed by atoms with E-state index in [1.165, 1.54) is 18.9 Å². The van der Waals surface area contributed by atoms with E-state index in [-0.39, 0.29) is 17.9 Å². The molecular weight excluding hydrogens is 416 g/mol. The Morgan fingerprint density at radius 2 is 1.74 bits per heavy atom. The third-order valence-corrected chi connectivity index (χ3v) is 6.92. The van der Waals surface area contributed by atoms with Gasteiger partial charge in [0.05, 0.1) is 12.5 Å². The van der Waals surface area contributed by atoms with Crippen LogP contribution in [-0.4, -0.2) is 52.7 Å². The smallest absolute Gasteiger partial charge is 0.408 e. The predicted molar refractivity (Wildman–Crippen MR) is 116 cm³/mol. The van der Waals surface area contributed by atoms with E-state index in [4.69, 9.17) is 9.47 Å². The Morgan fingerprint density at radius 1 is 1.10 bits per heavy atom. The predicted octanol–water partition coefficient (Wildman–Crippen LogP) is 2.74. The summed E-state index contributed by atoms with van der Waals surface area (Å²) in [6.07, 6.45) is 0.0439. The molecule has 31 heavy (non-hydrogen) atoms. The number of esters is 1. The van der Waals surface area contributed by atoms with Crippen LogP contribution in [0.2, 0.25) is 0 Å². The molecule has 2 saturated heterocycles. The van der Waals surface area contributed by atoms with Crippen LogP contribution in [0, 0.1) is 0 Å². The first kappa shape index (κ1) is 21.2. The maximum absolute atomic E-state index is 13.6. The second-order valence-electron chi connectivity index (χ2n) is 7.67. The molecule has 0 aromatic heterocycles. The molecular formula is C23H24N2O5S. The Balaban J connectivity index is 1.55. The van der Waals surface area contributed by atoms with Crippen molar-refractivity contribution in [1.82, 2.24) is 10.2 Å². The van der Waals surface area contributed by atoms with Crippen LogP contribution in [0.1, 0.15) is 17.5 Å². The number of nitrogens with zero attached hydrogens (tertiary/aromatic N) is 1. The molecule has 2 fully saturated rings. The minimum atomic E-state index is -1.18. The van der Waals surface area contributed by atoms with Crippen LogP contribution in [0.5, 0.6) is 0 Å². The number of fused-ring (bicyclic) bond motifs is 1. The van der Waals surface area contributed by atoms with Crippen LogP contribution in [-0.2, 0) is 32.1 Å². The zero-order valence-corrected chi connectivity index (χ0v) is 18.0. The molecule has 2 aromatic carbocycles. The lowest BCUT2D eigenvalue weighted by Crippen LogP contribution is -2.57. The van der Waals surface area contributed by atoms with Gasteiger partial charge in [0, 0.05) is 18.6 Å². The molecule has 2 aromatic rings. The molecule has 2 aliphatic rings. The van der Waals surface area contributed by atoms with Gasteiger partial charge in [-0.2, -0.15) is 0 Å². The van der Waals surface area contributed by atoms with Crippen LogP contribution < -0.4 is 5.32 Å². The average molecular weight is 441 g/mol. The minimum Gasteiger partial charge on any atom is -0.467 e. The van der Waals surface area contributed by atoms with Gasteiger partial charge in [-0.25, -0.2) is 9.59 Å². The molecule has 7 nitrogen and oxygen atoms in total. The number of hydrogen-bond acceptors (Lipinski definition) is 6. The largest absolute Gasteiger partial charge is 0.467 e. The van der Waals surface area contributed by atoms with Crippen molar-refractivity contribution in [2.75, 3.05) is 12.9 Å². The van der Waals surface area contributed by atoms with Gasteiger partial charge in [0.2, 0.25) is 0 Å².